The Bertz CT molecular complexity index is 414. The Balaban J connectivity index is 2.06. The summed E-state index contributed by atoms with van der Waals surface area (Å²) in [5.41, 5.74) is 2.01. The summed E-state index contributed by atoms with van der Waals surface area (Å²) in [6, 6.07) is 5.74. The number of nitrogens with zero attached hydrogens (tertiary/aromatic N) is 1. The third-order valence-corrected chi connectivity index (χ3v) is 2.99. The lowest BCUT2D eigenvalue weighted by Gasteiger charge is -2.19. The van der Waals surface area contributed by atoms with Crippen LogP contribution in [0.5, 0.6) is 5.75 Å². The summed E-state index contributed by atoms with van der Waals surface area (Å²) in [5, 5.41) is 2.90. The SMILES string of the molecule is CCN(CC)C(=O)Nc1ccc2c(c1)CCO2. The Labute approximate surface area is 102 Å². The molecule has 0 radical (unpaired) electrons. The first-order valence-corrected chi connectivity index (χ1v) is 6.06. The minimum Gasteiger partial charge on any atom is -0.493 e. The Morgan fingerprint density at radius 1 is 1.41 bits per heavy atom. The average Bonchev–Trinajstić information content (AvgIpc) is 2.77. The molecule has 2 rings (SSSR count). The number of anilines is 1. The topological polar surface area (TPSA) is 41.6 Å². The third kappa shape index (κ3) is 2.52. The van der Waals surface area contributed by atoms with Crippen LogP contribution in [0.4, 0.5) is 10.5 Å². The summed E-state index contributed by atoms with van der Waals surface area (Å²) < 4.78 is 5.43. The molecule has 1 aromatic rings. The Morgan fingerprint density at radius 2 is 2.18 bits per heavy atom. The standard InChI is InChI=1S/C13H18N2O2/c1-3-15(4-2)13(16)14-11-5-6-12-10(9-11)7-8-17-12/h5-6,9H,3-4,7-8H2,1-2H3,(H,14,16). The number of hydrogen-bond acceptors (Lipinski definition) is 2. The summed E-state index contributed by atoms with van der Waals surface area (Å²) in [5.74, 6) is 0.936. The molecule has 0 aliphatic carbocycles. The smallest absolute Gasteiger partial charge is 0.321 e. The van der Waals surface area contributed by atoms with Gasteiger partial charge in [0, 0.05) is 25.2 Å². The quantitative estimate of drug-likeness (QED) is 0.873. The first-order valence-electron chi connectivity index (χ1n) is 6.06. The molecule has 2 amide bonds. The molecule has 0 spiro atoms. The van der Waals surface area contributed by atoms with Gasteiger partial charge in [0.05, 0.1) is 6.61 Å². The number of benzene rings is 1. The molecule has 0 aromatic heterocycles. The van der Waals surface area contributed by atoms with Crippen LogP contribution in [0.1, 0.15) is 19.4 Å². The predicted octanol–water partition coefficient (Wildman–Crippen LogP) is 2.50. The lowest BCUT2D eigenvalue weighted by Crippen LogP contribution is -2.34. The monoisotopic (exact) mass is 234 g/mol. The van der Waals surface area contributed by atoms with Gasteiger partial charge in [-0.2, -0.15) is 0 Å². The molecule has 0 fully saturated rings. The van der Waals surface area contributed by atoms with Crippen molar-refractivity contribution < 1.29 is 9.53 Å². The number of fused-ring (bicyclic) bond motifs is 1. The van der Waals surface area contributed by atoms with Gasteiger partial charge < -0.3 is 15.0 Å². The molecule has 1 aromatic carbocycles. The minimum atomic E-state index is -0.0473. The predicted molar refractivity (Wildman–Crippen MR) is 67.6 cm³/mol. The summed E-state index contributed by atoms with van der Waals surface area (Å²) in [6.07, 6.45) is 0.921. The van der Waals surface area contributed by atoms with Crippen molar-refractivity contribution in [3.8, 4) is 5.75 Å². The van der Waals surface area contributed by atoms with Crippen LogP contribution in [0.15, 0.2) is 18.2 Å². The maximum atomic E-state index is 11.9. The molecule has 17 heavy (non-hydrogen) atoms. The van der Waals surface area contributed by atoms with Crippen molar-refractivity contribution in [1.82, 2.24) is 4.90 Å². The maximum Gasteiger partial charge on any atom is 0.321 e. The van der Waals surface area contributed by atoms with Gasteiger partial charge in [0.15, 0.2) is 0 Å². The Morgan fingerprint density at radius 3 is 2.88 bits per heavy atom. The van der Waals surface area contributed by atoms with Crippen molar-refractivity contribution in [2.45, 2.75) is 20.3 Å². The highest BCUT2D eigenvalue weighted by atomic mass is 16.5. The van der Waals surface area contributed by atoms with Crippen molar-refractivity contribution in [2.24, 2.45) is 0 Å². The zero-order chi connectivity index (χ0) is 12.3. The van der Waals surface area contributed by atoms with Crippen molar-refractivity contribution in [2.75, 3.05) is 25.0 Å². The van der Waals surface area contributed by atoms with Crippen molar-refractivity contribution >= 4 is 11.7 Å². The molecule has 1 aliphatic heterocycles. The van der Waals surface area contributed by atoms with Gasteiger partial charge in [-0.05, 0) is 37.6 Å². The van der Waals surface area contributed by atoms with E-state index in [9.17, 15) is 4.79 Å². The Kier molecular flexibility index (Phi) is 3.52. The molecule has 0 bridgehead atoms. The fourth-order valence-corrected chi connectivity index (χ4v) is 1.98. The fraction of sp³-hybridized carbons (Fsp3) is 0.462. The minimum absolute atomic E-state index is 0.0473. The highest BCUT2D eigenvalue weighted by Crippen LogP contribution is 2.27. The van der Waals surface area contributed by atoms with Crippen molar-refractivity contribution in [1.29, 1.82) is 0 Å². The number of rotatable bonds is 3. The highest BCUT2D eigenvalue weighted by molar-refractivity contribution is 5.89. The largest absolute Gasteiger partial charge is 0.493 e. The average molecular weight is 234 g/mol. The van der Waals surface area contributed by atoms with Crippen LogP contribution in [0, 0.1) is 0 Å². The second kappa shape index (κ2) is 5.08. The van der Waals surface area contributed by atoms with Gasteiger partial charge in [-0.1, -0.05) is 0 Å². The van der Waals surface area contributed by atoms with Crippen LogP contribution in [0.2, 0.25) is 0 Å². The summed E-state index contributed by atoms with van der Waals surface area (Å²) in [6.45, 7) is 6.12. The van der Waals surface area contributed by atoms with Crippen LogP contribution in [0.25, 0.3) is 0 Å². The highest BCUT2D eigenvalue weighted by Gasteiger charge is 2.14. The van der Waals surface area contributed by atoms with E-state index >= 15 is 0 Å². The molecule has 0 atom stereocenters. The lowest BCUT2D eigenvalue weighted by molar-refractivity contribution is 0.217. The number of carbonyl (C=O) groups excluding carboxylic acids is 1. The first kappa shape index (κ1) is 11.8. The second-order valence-electron chi connectivity index (χ2n) is 4.02. The van der Waals surface area contributed by atoms with E-state index in [4.69, 9.17) is 4.74 Å². The van der Waals surface area contributed by atoms with E-state index in [-0.39, 0.29) is 6.03 Å². The van der Waals surface area contributed by atoms with Gasteiger partial charge in [-0.15, -0.1) is 0 Å². The zero-order valence-electron chi connectivity index (χ0n) is 10.3. The molecule has 1 aliphatic rings. The van der Waals surface area contributed by atoms with Crippen LogP contribution >= 0.6 is 0 Å². The summed E-state index contributed by atoms with van der Waals surface area (Å²) in [4.78, 5) is 13.6. The van der Waals surface area contributed by atoms with Crippen LogP contribution in [0.3, 0.4) is 0 Å². The van der Waals surface area contributed by atoms with Crippen LogP contribution < -0.4 is 10.1 Å². The fourth-order valence-electron chi connectivity index (χ4n) is 1.98. The van der Waals surface area contributed by atoms with Gasteiger partial charge in [0.25, 0.3) is 0 Å². The van der Waals surface area contributed by atoms with Crippen molar-refractivity contribution in [3.63, 3.8) is 0 Å². The molecule has 0 saturated heterocycles. The molecular formula is C13H18N2O2. The first-order chi connectivity index (χ1) is 8.24. The molecule has 92 valence electrons. The number of hydrogen-bond donors (Lipinski definition) is 1. The number of carbonyl (C=O) groups is 1. The van der Waals surface area contributed by atoms with E-state index in [0.29, 0.717) is 0 Å². The number of nitrogens with one attached hydrogen (secondary N) is 1. The van der Waals surface area contributed by atoms with Gasteiger partial charge in [-0.3, -0.25) is 0 Å². The van der Waals surface area contributed by atoms with Gasteiger partial charge in [0.2, 0.25) is 0 Å². The maximum absolute atomic E-state index is 11.9. The van der Waals surface area contributed by atoms with E-state index in [1.807, 2.05) is 32.0 Å². The van der Waals surface area contributed by atoms with E-state index in [1.165, 1.54) is 5.56 Å². The van der Waals surface area contributed by atoms with Crippen LogP contribution in [-0.2, 0) is 6.42 Å². The second-order valence-corrected chi connectivity index (χ2v) is 4.02. The molecule has 0 unspecified atom stereocenters. The zero-order valence-corrected chi connectivity index (χ0v) is 10.3. The number of amides is 2. The molecule has 1 N–H and O–H groups in total. The van der Waals surface area contributed by atoms with Crippen LogP contribution in [-0.4, -0.2) is 30.6 Å². The number of ether oxygens (including phenoxy) is 1. The van der Waals surface area contributed by atoms with E-state index in [1.54, 1.807) is 4.90 Å². The molecule has 1 heterocycles. The van der Waals surface area contributed by atoms with E-state index < -0.39 is 0 Å². The summed E-state index contributed by atoms with van der Waals surface area (Å²) >= 11 is 0. The van der Waals surface area contributed by atoms with E-state index in [2.05, 4.69) is 5.32 Å². The lowest BCUT2D eigenvalue weighted by atomic mass is 10.1. The molecular weight excluding hydrogens is 216 g/mol. The molecule has 0 saturated carbocycles. The Hall–Kier alpha value is -1.71. The van der Waals surface area contributed by atoms with Gasteiger partial charge >= 0.3 is 6.03 Å². The molecule has 4 nitrogen and oxygen atoms in total. The van der Waals surface area contributed by atoms with E-state index in [0.717, 1.165) is 37.6 Å². The third-order valence-electron chi connectivity index (χ3n) is 2.99. The van der Waals surface area contributed by atoms with Crippen molar-refractivity contribution in [3.05, 3.63) is 23.8 Å². The normalized spacial score (nSPS) is 12.8. The summed E-state index contributed by atoms with van der Waals surface area (Å²) in [7, 11) is 0. The molecule has 4 heteroatoms. The van der Waals surface area contributed by atoms with Gasteiger partial charge in [0.1, 0.15) is 5.75 Å². The number of urea groups is 1. The van der Waals surface area contributed by atoms with Gasteiger partial charge in [-0.25, -0.2) is 4.79 Å².